The van der Waals surface area contributed by atoms with Gasteiger partial charge in [0, 0.05) is 0 Å². The van der Waals surface area contributed by atoms with Gasteiger partial charge in [-0.25, -0.2) is 4.99 Å². The van der Waals surface area contributed by atoms with Crippen molar-refractivity contribution in [1.29, 1.82) is 0 Å². The Bertz CT molecular complexity index is 140. The van der Waals surface area contributed by atoms with E-state index in [0.717, 1.165) is 0 Å². The van der Waals surface area contributed by atoms with Crippen molar-refractivity contribution in [1.82, 2.24) is 0 Å². The van der Waals surface area contributed by atoms with Crippen LogP contribution in [0.3, 0.4) is 0 Å². The van der Waals surface area contributed by atoms with Gasteiger partial charge in [0.15, 0.2) is 0 Å². The van der Waals surface area contributed by atoms with Crippen LogP contribution in [-0.2, 0) is 10.8 Å². The summed E-state index contributed by atoms with van der Waals surface area (Å²) in [6.07, 6.45) is 1.40. The molecule has 3 nitrogen and oxygen atoms in total. The monoisotopic (exact) mass is 116 g/mol. The fourth-order valence-electron chi connectivity index (χ4n) is 0.282. The van der Waals surface area contributed by atoms with E-state index in [9.17, 15) is 4.21 Å². The van der Waals surface area contributed by atoms with Crippen molar-refractivity contribution in [3.05, 3.63) is 0 Å². The molecule has 0 amide bonds. The summed E-state index contributed by atoms with van der Waals surface area (Å²) in [5, 5.41) is 0. The first-order valence-corrected chi connectivity index (χ1v) is 3.16. The van der Waals surface area contributed by atoms with E-state index in [-0.39, 0.29) is 0 Å². The summed E-state index contributed by atoms with van der Waals surface area (Å²) >= 11 is 0. The van der Waals surface area contributed by atoms with Crippen LogP contribution in [0.15, 0.2) is 9.98 Å². The molecule has 4 heteroatoms. The number of nitrogens with zero attached hydrogens (tertiary/aromatic N) is 2. The molecule has 0 radical (unpaired) electrons. The lowest BCUT2D eigenvalue weighted by atomic mass is 11.2. The van der Waals surface area contributed by atoms with Crippen molar-refractivity contribution < 1.29 is 4.21 Å². The van der Waals surface area contributed by atoms with Gasteiger partial charge in [0.2, 0.25) is 0 Å². The van der Waals surface area contributed by atoms with Crippen molar-refractivity contribution in [2.24, 2.45) is 9.98 Å². The van der Waals surface area contributed by atoms with Crippen LogP contribution in [0.5, 0.6) is 0 Å². The van der Waals surface area contributed by atoms with Crippen LogP contribution in [0.2, 0.25) is 0 Å². The highest BCUT2D eigenvalue weighted by Gasteiger charge is 1.92. The molecule has 1 unspecified atom stereocenters. The molecule has 0 saturated carbocycles. The Kier molecular flexibility index (Phi) is 1.31. The lowest BCUT2D eigenvalue weighted by Gasteiger charge is -1.89. The topological polar surface area (TPSA) is 41.8 Å². The first kappa shape index (κ1) is 4.64. The number of hydrogen-bond donors (Lipinski definition) is 0. The molecule has 0 aliphatic carbocycles. The Labute approximate surface area is 43.6 Å². The Morgan fingerprint density at radius 2 is 2.57 bits per heavy atom. The van der Waals surface area contributed by atoms with Crippen LogP contribution in [0.25, 0.3) is 0 Å². The molecular weight excluding hydrogens is 112 g/mol. The smallest absolute Gasteiger partial charge is 0.122 e. The zero-order valence-corrected chi connectivity index (χ0v) is 4.39. The number of aliphatic imine (C=N–C) groups is 2. The summed E-state index contributed by atoms with van der Waals surface area (Å²) in [4.78, 5) is 7.18. The number of rotatable bonds is 0. The highest BCUT2D eigenvalue weighted by atomic mass is 32.2. The van der Waals surface area contributed by atoms with Gasteiger partial charge in [-0.2, -0.15) is 0 Å². The molecule has 7 heavy (non-hydrogen) atoms. The summed E-state index contributed by atoms with van der Waals surface area (Å²) in [6, 6.07) is 0. The zero-order valence-electron chi connectivity index (χ0n) is 3.57. The average Bonchev–Trinajstić information content (AvgIpc) is 1.69. The fraction of sp³-hybridized carbons (Fsp3) is 0.333. The van der Waals surface area contributed by atoms with E-state index in [1.54, 1.807) is 0 Å². The molecule has 0 aromatic carbocycles. The van der Waals surface area contributed by atoms with Gasteiger partial charge >= 0.3 is 0 Å². The van der Waals surface area contributed by atoms with E-state index in [2.05, 4.69) is 9.98 Å². The average molecular weight is 116 g/mol. The molecule has 0 N–H and O–H groups in total. The third kappa shape index (κ3) is 1.19. The highest BCUT2D eigenvalue weighted by Crippen LogP contribution is 1.82. The van der Waals surface area contributed by atoms with E-state index in [4.69, 9.17) is 0 Å². The Morgan fingerprint density at radius 1 is 1.71 bits per heavy atom. The third-order valence-corrected chi connectivity index (χ3v) is 1.29. The second-order valence-electron chi connectivity index (χ2n) is 1.06. The van der Waals surface area contributed by atoms with Crippen LogP contribution in [0.4, 0.5) is 0 Å². The molecule has 0 fully saturated rings. The molecule has 0 saturated heterocycles. The normalized spacial score (nSPS) is 28.3. The Balaban J connectivity index is 2.66. The predicted octanol–water partition coefficient (Wildman–Crippen LogP) is -0.237. The van der Waals surface area contributed by atoms with Crippen LogP contribution in [0, 0.1) is 0 Å². The lowest BCUT2D eigenvalue weighted by Crippen LogP contribution is -1.99. The SMILES string of the molecule is O=S1C=NC=NC1. The third-order valence-electron chi connectivity index (χ3n) is 0.529. The van der Waals surface area contributed by atoms with E-state index >= 15 is 0 Å². The van der Waals surface area contributed by atoms with E-state index < -0.39 is 10.8 Å². The molecule has 1 rings (SSSR count). The van der Waals surface area contributed by atoms with Crippen LogP contribution >= 0.6 is 0 Å². The molecule has 1 aliphatic heterocycles. The summed E-state index contributed by atoms with van der Waals surface area (Å²) in [5.41, 5.74) is 1.38. The van der Waals surface area contributed by atoms with Gasteiger partial charge in [0.05, 0.1) is 16.3 Å². The molecule has 1 heterocycles. The quantitative estimate of drug-likeness (QED) is 0.430. The van der Waals surface area contributed by atoms with Gasteiger partial charge in [-0.05, 0) is 0 Å². The van der Waals surface area contributed by atoms with Gasteiger partial charge in [-0.15, -0.1) is 0 Å². The van der Waals surface area contributed by atoms with Gasteiger partial charge in [0.1, 0.15) is 12.2 Å². The molecule has 1 atom stereocenters. The van der Waals surface area contributed by atoms with E-state index in [1.165, 1.54) is 11.9 Å². The molecule has 0 aromatic heterocycles. The summed E-state index contributed by atoms with van der Waals surface area (Å²) in [7, 11) is -0.930. The minimum absolute atomic E-state index is 0.378. The number of hydrogen-bond acceptors (Lipinski definition) is 3. The maximum Gasteiger partial charge on any atom is 0.122 e. The standard InChI is InChI=1S/C3H4N2OS/c6-7-2-4-1-5-3-7/h1-2H,3H2. The van der Waals surface area contributed by atoms with Crippen LogP contribution < -0.4 is 0 Å². The first-order valence-electron chi connectivity index (χ1n) is 1.78. The van der Waals surface area contributed by atoms with Crippen molar-refractivity contribution in [3.63, 3.8) is 0 Å². The van der Waals surface area contributed by atoms with Crippen LogP contribution in [0.1, 0.15) is 0 Å². The molecule has 0 spiro atoms. The molecule has 1 aliphatic rings. The largest absolute Gasteiger partial charge is 0.260 e. The first-order chi connectivity index (χ1) is 3.39. The minimum atomic E-state index is -0.930. The van der Waals surface area contributed by atoms with Gasteiger partial charge in [-0.1, -0.05) is 0 Å². The van der Waals surface area contributed by atoms with E-state index in [1.807, 2.05) is 0 Å². The summed E-state index contributed by atoms with van der Waals surface area (Å²) < 4.78 is 10.3. The van der Waals surface area contributed by atoms with Gasteiger partial charge in [-0.3, -0.25) is 9.20 Å². The van der Waals surface area contributed by atoms with Crippen LogP contribution in [-0.4, -0.2) is 22.0 Å². The second kappa shape index (κ2) is 1.97. The summed E-state index contributed by atoms with van der Waals surface area (Å²) in [6.45, 7) is 0. The van der Waals surface area contributed by atoms with Crippen molar-refractivity contribution in [2.45, 2.75) is 0 Å². The predicted molar refractivity (Wildman–Crippen MR) is 30.0 cm³/mol. The maximum atomic E-state index is 10.3. The Morgan fingerprint density at radius 3 is 2.86 bits per heavy atom. The summed E-state index contributed by atoms with van der Waals surface area (Å²) in [5.74, 6) is 0.378. The van der Waals surface area contributed by atoms with Crippen molar-refractivity contribution in [2.75, 3.05) is 5.88 Å². The molecule has 0 bridgehead atoms. The van der Waals surface area contributed by atoms with Gasteiger partial charge < -0.3 is 0 Å². The minimum Gasteiger partial charge on any atom is -0.260 e. The van der Waals surface area contributed by atoms with Gasteiger partial charge in [0.25, 0.3) is 0 Å². The molecule has 38 valence electrons. The molecular formula is C3H4N2OS. The van der Waals surface area contributed by atoms with Crippen molar-refractivity contribution >= 4 is 22.7 Å². The zero-order chi connectivity index (χ0) is 5.11. The molecule has 0 aromatic rings. The lowest BCUT2D eigenvalue weighted by molar-refractivity contribution is 0.690. The maximum absolute atomic E-state index is 10.3. The highest BCUT2D eigenvalue weighted by molar-refractivity contribution is 7.98. The fourth-order valence-corrected chi connectivity index (χ4v) is 0.753. The Hall–Kier alpha value is -0.510. The van der Waals surface area contributed by atoms with E-state index in [0.29, 0.717) is 5.88 Å². The second-order valence-corrected chi connectivity index (χ2v) is 2.29. The van der Waals surface area contributed by atoms with Crippen molar-refractivity contribution in [3.8, 4) is 0 Å².